The summed E-state index contributed by atoms with van der Waals surface area (Å²) >= 11 is 1.41. The van der Waals surface area contributed by atoms with Crippen LogP contribution in [-0.2, 0) is 20.9 Å². The summed E-state index contributed by atoms with van der Waals surface area (Å²) in [6.07, 6.45) is 2.46. The van der Waals surface area contributed by atoms with Gasteiger partial charge < -0.3 is 10.1 Å². The molecule has 1 amide bonds. The van der Waals surface area contributed by atoms with Crippen molar-refractivity contribution in [3.8, 4) is 0 Å². The van der Waals surface area contributed by atoms with Crippen LogP contribution in [0, 0.1) is 0 Å². The van der Waals surface area contributed by atoms with Crippen molar-refractivity contribution in [2.75, 3.05) is 13.7 Å². The van der Waals surface area contributed by atoms with E-state index < -0.39 is 0 Å². The molecule has 2 heterocycles. The predicted octanol–water partition coefficient (Wildman–Crippen LogP) is 0.917. The molecule has 0 saturated carbocycles. The Labute approximate surface area is 130 Å². The second-order valence-corrected chi connectivity index (χ2v) is 5.56. The van der Waals surface area contributed by atoms with Crippen molar-refractivity contribution >= 4 is 33.4 Å². The molecule has 2 aromatic heterocycles. The van der Waals surface area contributed by atoms with Crippen molar-refractivity contribution in [1.82, 2.24) is 14.9 Å². The molecule has 22 heavy (non-hydrogen) atoms. The highest BCUT2D eigenvalue weighted by atomic mass is 32.1. The first kappa shape index (κ1) is 16.2. The number of rotatable bonds is 7. The van der Waals surface area contributed by atoms with Crippen LogP contribution in [0.4, 0.5) is 0 Å². The summed E-state index contributed by atoms with van der Waals surface area (Å²) in [4.78, 5) is 39.6. The first-order valence-corrected chi connectivity index (χ1v) is 7.76. The second kappa shape index (κ2) is 7.69. The van der Waals surface area contributed by atoms with Gasteiger partial charge in [0.1, 0.15) is 4.83 Å². The van der Waals surface area contributed by atoms with Gasteiger partial charge in [-0.05, 0) is 17.9 Å². The van der Waals surface area contributed by atoms with Crippen LogP contribution in [-0.4, -0.2) is 35.1 Å². The SMILES string of the molecule is COC(=O)CCCNC(=O)CCn1cnc2sccc2c1=O. The summed E-state index contributed by atoms with van der Waals surface area (Å²) in [6.45, 7) is 0.686. The molecule has 0 fully saturated rings. The van der Waals surface area contributed by atoms with E-state index in [0.29, 0.717) is 23.2 Å². The number of thiophene rings is 1. The van der Waals surface area contributed by atoms with Crippen molar-refractivity contribution in [3.05, 3.63) is 28.1 Å². The van der Waals surface area contributed by atoms with E-state index in [0.717, 1.165) is 0 Å². The normalized spacial score (nSPS) is 10.6. The van der Waals surface area contributed by atoms with Gasteiger partial charge in [0.05, 0.1) is 18.8 Å². The zero-order valence-electron chi connectivity index (χ0n) is 12.2. The number of hydrogen-bond acceptors (Lipinski definition) is 6. The molecule has 0 aromatic carbocycles. The van der Waals surface area contributed by atoms with Gasteiger partial charge in [-0.2, -0.15) is 0 Å². The molecule has 0 saturated heterocycles. The molecule has 2 rings (SSSR count). The first-order valence-electron chi connectivity index (χ1n) is 6.88. The molecule has 2 aromatic rings. The monoisotopic (exact) mass is 323 g/mol. The van der Waals surface area contributed by atoms with Gasteiger partial charge in [0.25, 0.3) is 5.56 Å². The van der Waals surface area contributed by atoms with E-state index in [1.54, 1.807) is 6.07 Å². The van der Waals surface area contributed by atoms with Crippen molar-refractivity contribution in [1.29, 1.82) is 0 Å². The van der Waals surface area contributed by atoms with Crippen LogP contribution in [0.2, 0.25) is 0 Å². The average Bonchev–Trinajstić information content (AvgIpc) is 3.00. The number of nitrogens with one attached hydrogen (secondary N) is 1. The lowest BCUT2D eigenvalue weighted by Gasteiger charge is -2.06. The maximum absolute atomic E-state index is 12.1. The third-order valence-electron chi connectivity index (χ3n) is 3.14. The number of ether oxygens (including phenoxy) is 1. The van der Waals surface area contributed by atoms with Crippen molar-refractivity contribution < 1.29 is 14.3 Å². The van der Waals surface area contributed by atoms with E-state index >= 15 is 0 Å². The Balaban J connectivity index is 1.79. The van der Waals surface area contributed by atoms with Crippen LogP contribution < -0.4 is 10.9 Å². The first-order chi connectivity index (χ1) is 10.6. The predicted molar refractivity (Wildman–Crippen MR) is 82.8 cm³/mol. The number of amides is 1. The summed E-state index contributed by atoms with van der Waals surface area (Å²) < 4.78 is 5.94. The van der Waals surface area contributed by atoms with Gasteiger partial charge in [-0.25, -0.2) is 4.98 Å². The second-order valence-electron chi connectivity index (χ2n) is 4.66. The summed E-state index contributed by atoms with van der Waals surface area (Å²) in [5.41, 5.74) is -0.134. The van der Waals surface area contributed by atoms with Crippen molar-refractivity contribution in [3.63, 3.8) is 0 Å². The van der Waals surface area contributed by atoms with Crippen molar-refractivity contribution in [2.24, 2.45) is 0 Å². The van der Waals surface area contributed by atoms with E-state index in [-0.39, 0.29) is 36.8 Å². The Bertz CT molecular complexity index is 722. The standard InChI is InChI=1S/C14H17N3O4S/c1-21-12(19)3-2-6-15-11(18)4-7-17-9-16-13-10(14(17)20)5-8-22-13/h5,8-9H,2-4,6-7H2,1H3,(H,15,18). The number of nitrogens with zero attached hydrogens (tertiary/aromatic N) is 2. The third kappa shape index (κ3) is 4.14. The highest BCUT2D eigenvalue weighted by Gasteiger charge is 2.07. The minimum absolute atomic E-state index is 0.134. The molecule has 0 unspecified atom stereocenters. The number of aryl methyl sites for hydroxylation is 1. The number of hydrogen-bond donors (Lipinski definition) is 1. The van der Waals surface area contributed by atoms with E-state index in [1.165, 1.54) is 29.3 Å². The van der Waals surface area contributed by atoms with Crippen LogP contribution in [0.25, 0.3) is 10.2 Å². The fourth-order valence-corrected chi connectivity index (χ4v) is 2.65. The number of aromatic nitrogens is 2. The Morgan fingerprint density at radius 1 is 1.41 bits per heavy atom. The average molecular weight is 323 g/mol. The molecular formula is C14H17N3O4S. The van der Waals surface area contributed by atoms with Crippen LogP contribution in [0.5, 0.6) is 0 Å². The number of carbonyl (C=O) groups excluding carboxylic acids is 2. The quantitative estimate of drug-likeness (QED) is 0.604. The lowest BCUT2D eigenvalue weighted by atomic mass is 10.3. The number of carbonyl (C=O) groups is 2. The lowest BCUT2D eigenvalue weighted by molar-refractivity contribution is -0.140. The van der Waals surface area contributed by atoms with Gasteiger partial charge in [-0.15, -0.1) is 11.3 Å². The molecular weight excluding hydrogens is 306 g/mol. The summed E-state index contributed by atoms with van der Waals surface area (Å²) in [5, 5.41) is 5.10. The van der Waals surface area contributed by atoms with E-state index in [2.05, 4.69) is 15.0 Å². The molecule has 8 heteroatoms. The van der Waals surface area contributed by atoms with Gasteiger partial charge in [-0.1, -0.05) is 0 Å². The fraction of sp³-hybridized carbons (Fsp3) is 0.429. The zero-order valence-corrected chi connectivity index (χ0v) is 13.0. The van der Waals surface area contributed by atoms with Crippen LogP contribution >= 0.6 is 11.3 Å². The molecule has 0 aliphatic heterocycles. The number of fused-ring (bicyclic) bond motifs is 1. The van der Waals surface area contributed by atoms with E-state index in [9.17, 15) is 14.4 Å². The largest absolute Gasteiger partial charge is 0.469 e. The molecule has 0 bridgehead atoms. The molecule has 118 valence electrons. The van der Waals surface area contributed by atoms with Crippen LogP contribution in [0.15, 0.2) is 22.6 Å². The van der Waals surface area contributed by atoms with E-state index in [1.807, 2.05) is 5.38 Å². The number of esters is 1. The highest BCUT2D eigenvalue weighted by Crippen LogP contribution is 2.13. The van der Waals surface area contributed by atoms with Gasteiger partial charge in [-0.3, -0.25) is 19.0 Å². The summed E-state index contributed by atoms with van der Waals surface area (Å²) in [6, 6.07) is 1.73. The summed E-state index contributed by atoms with van der Waals surface area (Å²) in [7, 11) is 1.33. The maximum Gasteiger partial charge on any atom is 0.305 e. The lowest BCUT2D eigenvalue weighted by Crippen LogP contribution is -2.28. The Hall–Kier alpha value is -2.22. The molecule has 1 N–H and O–H groups in total. The summed E-state index contributed by atoms with van der Waals surface area (Å²) in [5.74, 6) is -0.460. The Morgan fingerprint density at radius 2 is 2.23 bits per heavy atom. The Kier molecular flexibility index (Phi) is 5.65. The van der Waals surface area contributed by atoms with Crippen molar-refractivity contribution in [2.45, 2.75) is 25.8 Å². The molecule has 0 radical (unpaired) electrons. The fourth-order valence-electron chi connectivity index (χ4n) is 1.93. The van der Waals surface area contributed by atoms with Gasteiger partial charge >= 0.3 is 5.97 Å². The van der Waals surface area contributed by atoms with Gasteiger partial charge in [0.2, 0.25) is 5.91 Å². The minimum atomic E-state index is -0.295. The molecule has 0 atom stereocenters. The van der Waals surface area contributed by atoms with Crippen LogP contribution in [0.1, 0.15) is 19.3 Å². The third-order valence-corrected chi connectivity index (χ3v) is 3.96. The molecule has 0 aliphatic carbocycles. The van der Waals surface area contributed by atoms with Gasteiger partial charge in [0.15, 0.2) is 0 Å². The maximum atomic E-state index is 12.1. The minimum Gasteiger partial charge on any atom is -0.469 e. The smallest absolute Gasteiger partial charge is 0.305 e. The zero-order chi connectivity index (χ0) is 15.9. The molecule has 0 aliphatic rings. The van der Waals surface area contributed by atoms with Gasteiger partial charge in [0, 0.05) is 25.9 Å². The topological polar surface area (TPSA) is 90.3 Å². The molecule has 7 nitrogen and oxygen atoms in total. The number of methoxy groups -OCH3 is 1. The molecule has 0 spiro atoms. The van der Waals surface area contributed by atoms with E-state index in [4.69, 9.17) is 0 Å². The van der Waals surface area contributed by atoms with Crippen LogP contribution in [0.3, 0.4) is 0 Å². The Morgan fingerprint density at radius 3 is 3.00 bits per heavy atom. The highest BCUT2D eigenvalue weighted by molar-refractivity contribution is 7.16.